The molecule has 0 aliphatic carbocycles. The van der Waals surface area contributed by atoms with E-state index in [0.29, 0.717) is 0 Å². The molecule has 2 aromatic rings. The van der Waals surface area contributed by atoms with Crippen LogP contribution in [-0.2, 0) is 16.3 Å². The second kappa shape index (κ2) is 6.17. The van der Waals surface area contributed by atoms with Crippen LogP contribution in [0.3, 0.4) is 0 Å². The Balaban J connectivity index is 2.00. The van der Waals surface area contributed by atoms with Crippen molar-refractivity contribution in [1.82, 2.24) is 0 Å². The Morgan fingerprint density at radius 3 is 2.46 bits per heavy atom. The molecule has 0 unspecified atom stereocenters. The minimum absolute atomic E-state index is 0.0105. The number of sulfone groups is 1. The SMILES string of the molecule is Cc1ccc(S(=O)(=O)[C@H]2CN=N[C@]2(C#N)Cc2ccccc2)cc1. The van der Waals surface area contributed by atoms with E-state index in [4.69, 9.17) is 0 Å². The maximum Gasteiger partial charge on any atom is 0.190 e. The van der Waals surface area contributed by atoms with E-state index in [-0.39, 0.29) is 17.9 Å². The van der Waals surface area contributed by atoms with Crippen LogP contribution >= 0.6 is 0 Å². The van der Waals surface area contributed by atoms with Crippen LogP contribution in [0.4, 0.5) is 0 Å². The van der Waals surface area contributed by atoms with E-state index in [1.807, 2.05) is 37.3 Å². The highest BCUT2D eigenvalue weighted by atomic mass is 32.2. The van der Waals surface area contributed by atoms with Gasteiger partial charge in [-0.2, -0.15) is 15.5 Å². The third-order valence-corrected chi connectivity index (χ3v) is 6.48. The fourth-order valence-electron chi connectivity index (χ4n) is 2.89. The lowest BCUT2D eigenvalue weighted by atomic mass is 9.90. The molecular weight excluding hydrogens is 322 g/mol. The molecule has 0 aromatic heterocycles. The summed E-state index contributed by atoms with van der Waals surface area (Å²) in [7, 11) is -3.71. The molecule has 0 spiro atoms. The van der Waals surface area contributed by atoms with E-state index in [0.717, 1.165) is 11.1 Å². The average Bonchev–Trinajstić information content (AvgIpc) is 3.01. The Morgan fingerprint density at radius 2 is 1.83 bits per heavy atom. The summed E-state index contributed by atoms with van der Waals surface area (Å²) in [5, 5.41) is 16.7. The lowest BCUT2D eigenvalue weighted by Gasteiger charge is -2.24. The molecule has 1 aliphatic rings. The molecule has 24 heavy (non-hydrogen) atoms. The fourth-order valence-corrected chi connectivity index (χ4v) is 4.70. The molecule has 0 N–H and O–H groups in total. The van der Waals surface area contributed by atoms with Gasteiger partial charge < -0.3 is 0 Å². The molecule has 2 aromatic carbocycles. The highest BCUT2D eigenvalue weighted by Crippen LogP contribution is 2.35. The largest absolute Gasteiger partial charge is 0.223 e. The molecule has 1 heterocycles. The second-order valence-electron chi connectivity index (χ2n) is 5.97. The minimum atomic E-state index is -3.71. The van der Waals surface area contributed by atoms with Crippen molar-refractivity contribution in [1.29, 1.82) is 5.26 Å². The van der Waals surface area contributed by atoms with Crippen LogP contribution in [0.1, 0.15) is 11.1 Å². The van der Waals surface area contributed by atoms with Crippen molar-refractivity contribution in [3.63, 3.8) is 0 Å². The van der Waals surface area contributed by atoms with E-state index >= 15 is 0 Å². The maximum atomic E-state index is 13.0. The van der Waals surface area contributed by atoms with Crippen molar-refractivity contribution in [2.45, 2.75) is 29.0 Å². The van der Waals surface area contributed by atoms with Crippen LogP contribution in [0.15, 0.2) is 69.7 Å². The van der Waals surface area contributed by atoms with Crippen LogP contribution in [0.25, 0.3) is 0 Å². The summed E-state index contributed by atoms with van der Waals surface area (Å²) in [6.07, 6.45) is 0.226. The zero-order valence-electron chi connectivity index (χ0n) is 13.3. The molecule has 6 heteroatoms. The van der Waals surface area contributed by atoms with Crippen molar-refractivity contribution in [3.8, 4) is 6.07 Å². The molecule has 0 fully saturated rings. The molecule has 0 radical (unpaired) electrons. The van der Waals surface area contributed by atoms with Gasteiger partial charge in [0.15, 0.2) is 15.4 Å². The van der Waals surface area contributed by atoms with Gasteiger partial charge in [0.25, 0.3) is 0 Å². The molecule has 0 saturated carbocycles. The van der Waals surface area contributed by atoms with Gasteiger partial charge in [-0.3, -0.25) is 0 Å². The van der Waals surface area contributed by atoms with Crippen LogP contribution < -0.4 is 0 Å². The smallest absolute Gasteiger partial charge is 0.190 e. The van der Waals surface area contributed by atoms with E-state index in [2.05, 4.69) is 16.3 Å². The summed E-state index contributed by atoms with van der Waals surface area (Å²) in [5.41, 5.74) is 0.458. The van der Waals surface area contributed by atoms with Crippen molar-refractivity contribution in [2.24, 2.45) is 10.2 Å². The Hall–Kier alpha value is -2.52. The molecule has 0 amide bonds. The third kappa shape index (κ3) is 2.83. The van der Waals surface area contributed by atoms with Crippen LogP contribution in [0.5, 0.6) is 0 Å². The van der Waals surface area contributed by atoms with Gasteiger partial charge in [0, 0.05) is 6.42 Å². The fraction of sp³-hybridized carbons (Fsp3) is 0.278. The first-order valence-electron chi connectivity index (χ1n) is 7.62. The molecule has 5 nitrogen and oxygen atoms in total. The van der Waals surface area contributed by atoms with Crippen molar-refractivity contribution >= 4 is 9.84 Å². The van der Waals surface area contributed by atoms with E-state index in [9.17, 15) is 13.7 Å². The minimum Gasteiger partial charge on any atom is -0.223 e. The lowest BCUT2D eigenvalue weighted by molar-refractivity contribution is 0.515. The lowest BCUT2D eigenvalue weighted by Crippen LogP contribution is -2.45. The van der Waals surface area contributed by atoms with Gasteiger partial charge in [-0.1, -0.05) is 48.0 Å². The number of nitriles is 1. The summed E-state index contributed by atoms with van der Waals surface area (Å²) in [4.78, 5) is 0.207. The Kier molecular flexibility index (Phi) is 4.20. The first-order chi connectivity index (χ1) is 11.5. The summed E-state index contributed by atoms with van der Waals surface area (Å²) >= 11 is 0. The van der Waals surface area contributed by atoms with Crippen LogP contribution in [-0.4, -0.2) is 25.8 Å². The van der Waals surface area contributed by atoms with Gasteiger partial charge in [-0.25, -0.2) is 8.42 Å². The van der Waals surface area contributed by atoms with Crippen LogP contribution in [0, 0.1) is 18.3 Å². The van der Waals surface area contributed by atoms with Gasteiger partial charge in [-0.15, -0.1) is 0 Å². The summed E-state index contributed by atoms with van der Waals surface area (Å²) in [6, 6.07) is 18.1. The zero-order valence-corrected chi connectivity index (χ0v) is 14.1. The molecule has 1 aliphatic heterocycles. The maximum absolute atomic E-state index is 13.0. The number of hydrogen-bond acceptors (Lipinski definition) is 5. The van der Waals surface area contributed by atoms with E-state index in [1.165, 1.54) is 0 Å². The summed E-state index contributed by atoms with van der Waals surface area (Å²) in [6.45, 7) is 1.90. The predicted octanol–water partition coefficient (Wildman–Crippen LogP) is 3.11. The van der Waals surface area contributed by atoms with Gasteiger partial charge in [0.05, 0.1) is 17.5 Å². The standard InChI is InChI=1S/C18H17N3O2S/c1-14-7-9-16(10-8-14)24(22,23)17-12-20-21-18(17,13-19)11-15-5-3-2-4-6-15/h2-10,17H,11-12H2,1H3/t17-,18-/m0/s1. The number of rotatable bonds is 4. The highest BCUT2D eigenvalue weighted by molar-refractivity contribution is 7.92. The number of aryl methyl sites for hydroxylation is 1. The predicted molar refractivity (Wildman–Crippen MR) is 90.4 cm³/mol. The molecule has 2 atom stereocenters. The number of hydrogen-bond donors (Lipinski definition) is 0. The number of nitrogens with zero attached hydrogens (tertiary/aromatic N) is 3. The highest BCUT2D eigenvalue weighted by Gasteiger charge is 2.51. The Morgan fingerprint density at radius 1 is 1.17 bits per heavy atom. The van der Waals surface area contributed by atoms with Gasteiger partial charge >= 0.3 is 0 Å². The molecule has 0 saturated heterocycles. The van der Waals surface area contributed by atoms with Crippen molar-refractivity contribution in [3.05, 3.63) is 65.7 Å². The Labute approximate surface area is 141 Å². The summed E-state index contributed by atoms with van der Waals surface area (Å²) in [5.74, 6) is 0. The van der Waals surface area contributed by atoms with Crippen LogP contribution in [0.2, 0.25) is 0 Å². The Bertz CT molecular complexity index is 900. The summed E-state index contributed by atoms with van der Waals surface area (Å²) < 4.78 is 26.1. The second-order valence-corrected chi connectivity index (χ2v) is 8.10. The first kappa shape index (κ1) is 16.3. The first-order valence-corrected chi connectivity index (χ1v) is 9.17. The van der Waals surface area contributed by atoms with Crippen molar-refractivity contribution in [2.75, 3.05) is 6.54 Å². The van der Waals surface area contributed by atoms with E-state index < -0.39 is 20.6 Å². The van der Waals surface area contributed by atoms with Gasteiger partial charge in [-0.05, 0) is 24.6 Å². The quantitative estimate of drug-likeness (QED) is 0.858. The normalized spacial score (nSPS) is 23.1. The molecular formula is C18H17N3O2S. The number of azo groups is 1. The third-order valence-electron chi connectivity index (χ3n) is 4.26. The van der Waals surface area contributed by atoms with Gasteiger partial charge in [0.2, 0.25) is 0 Å². The zero-order chi connectivity index (χ0) is 17.2. The van der Waals surface area contributed by atoms with E-state index in [1.54, 1.807) is 24.3 Å². The van der Waals surface area contributed by atoms with Gasteiger partial charge in [0.1, 0.15) is 5.25 Å². The van der Waals surface area contributed by atoms with Crippen molar-refractivity contribution < 1.29 is 8.42 Å². The monoisotopic (exact) mass is 339 g/mol. The molecule has 3 rings (SSSR count). The molecule has 122 valence electrons. The molecule has 0 bridgehead atoms. The number of benzene rings is 2. The topological polar surface area (TPSA) is 82.7 Å². The average molecular weight is 339 g/mol.